The van der Waals surface area contributed by atoms with Crippen LogP contribution in [0.2, 0.25) is 0 Å². The van der Waals surface area contributed by atoms with Gasteiger partial charge in [-0.05, 0) is 30.7 Å². The number of nitrogens with zero attached hydrogens (tertiary/aromatic N) is 2. The Labute approximate surface area is 312 Å². The van der Waals surface area contributed by atoms with Crippen LogP contribution in [-0.4, -0.2) is 56.4 Å². The quantitative estimate of drug-likeness (QED) is 0.169. The number of amides is 2. The van der Waals surface area contributed by atoms with Crippen molar-refractivity contribution in [1.82, 2.24) is 0 Å². The van der Waals surface area contributed by atoms with Crippen molar-refractivity contribution in [3.8, 4) is 0 Å². The van der Waals surface area contributed by atoms with Gasteiger partial charge in [0.2, 0.25) is 0 Å². The van der Waals surface area contributed by atoms with Crippen LogP contribution in [0.3, 0.4) is 0 Å². The van der Waals surface area contributed by atoms with Gasteiger partial charge in [-0.25, -0.2) is 0 Å². The van der Waals surface area contributed by atoms with Crippen LogP contribution >= 0.6 is 0 Å². The third-order valence-electron chi connectivity index (χ3n) is 5.37. The smallest absolute Gasteiger partial charge is 0.651 e. The second-order valence-electron chi connectivity index (χ2n) is 8.97. The Bertz CT molecular complexity index is 817. The van der Waals surface area contributed by atoms with E-state index >= 15 is 0 Å². The largest absolute Gasteiger partial charge is 1.00 e. The molecule has 1 atom stereocenters. The molecule has 8 nitrogen and oxygen atoms in total. The Kier molecular flexibility index (Phi) is 22.4. The maximum absolute atomic E-state index is 12.4. The van der Waals surface area contributed by atoms with Crippen molar-refractivity contribution >= 4 is 29.1 Å². The van der Waals surface area contributed by atoms with Gasteiger partial charge in [0, 0.05) is 45.7 Å². The summed E-state index contributed by atoms with van der Waals surface area (Å²) in [6, 6.07) is 6.69. The summed E-state index contributed by atoms with van der Waals surface area (Å²) in [5.41, 5.74) is 1.18. The number of carbonyl (C=O) groups is 4. The van der Waals surface area contributed by atoms with Crippen molar-refractivity contribution in [2.45, 2.75) is 58.8 Å². The molecule has 0 N–H and O–H groups in total. The molecular weight excluding hydrogens is 607 g/mol. The fourth-order valence-electron chi connectivity index (χ4n) is 3.62. The van der Waals surface area contributed by atoms with Crippen molar-refractivity contribution < 1.29 is 145 Å². The molecule has 1 aliphatic carbocycles. The molecule has 1 unspecified atom stereocenters. The van der Waals surface area contributed by atoms with Crippen LogP contribution in [0.5, 0.6) is 0 Å². The fraction of sp³-hybridized carbons (Fsp3) is 0.615. The number of hydrogen-bond donors (Lipinski definition) is 0. The summed E-state index contributed by atoms with van der Waals surface area (Å²) in [6.45, 7) is 6.61. The third kappa shape index (κ3) is 16.2. The number of benzene rings is 1. The first-order chi connectivity index (χ1) is 16.3. The van der Waals surface area contributed by atoms with Crippen LogP contribution in [0.25, 0.3) is 10.6 Å². The normalized spacial score (nSPS) is 15.0. The molecule has 36 heavy (non-hydrogen) atoms. The molecule has 0 spiro atoms. The molecule has 0 aliphatic heterocycles. The number of hydrogen-bond acceptors (Lipinski definition) is 6. The summed E-state index contributed by atoms with van der Waals surface area (Å²) in [5, 5.41) is 7.73. The summed E-state index contributed by atoms with van der Waals surface area (Å²) < 4.78 is 10.8. The first-order valence-electron chi connectivity index (χ1n) is 12.1. The predicted molar refractivity (Wildman–Crippen MR) is 129 cm³/mol. The van der Waals surface area contributed by atoms with E-state index in [1.165, 1.54) is 0 Å². The number of Topliss-reactive ketones (excluding diaryl/α,β-unsaturated/α-hetero) is 2. The van der Waals surface area contributed by atoms with Crippen LogP contribution < -0.4 is 116 Å². The molecule has 188 valence electrons. The van der Waals surface area contributed by atoms with Gasteiger partial charge in [-0.3, -0.25) is 9.59 Å². The standard InChI is InChI=1S/C26H38N2O6.2Rb/c1-19(2)18-34-14-5-13-33-15-12-27-25(31)17-26(32)28-21-10-8-20(9-11-21)16-24(30)22-6-3-4-7-23(22)29;;/h8-11,19,22H,3-7,12-18H2,1-2H3,(H2,27,28,31,32);;/q;2*+1/p-2. The van der Waals surface area contributed by atoms with Gasteiger partial charge in [-0.1, -0.05) is 44.5 Å². The molecule has 0 saturated heterocycles. The molecule has 2 amide bonds. The number of ketones is 2. The number of rotatable bonds is 15. The maximum atomic E-state index is 12.4. The van der Waals surface area contributed by atoms with E-state index in [1.807, 2.05) is 0 Å². The Morgan fingerprint density at radius 1 is 0.972 bits per heavy atom. The molecule has 1 aliphatic rings. The van der Waals surface area contributed by atoms with E-state index in [-0.39, 0.29) is 141 Å². The van der Waals surface area contributed by atoms with E-state index in [4.69, 9.17) is 9.47 Å². The van der Waals surface area contributed by atoms with Crippen molar-refractivity contribution in [2.24, 2.45) is 11.8 Å². The average molecular weight is 644 g/mol. The van der Waals surface area contributed by atoms with Crippen LogP contribution in [0.4, 0.5) is 5.69 Å². The van der Waals surface area contributed by atoms with Gasteiger partial charge in [-0.15, -0.1) is 12.2 Å². The first kappa shape index (κ1) is 37.0. The zero-order valence-electron chi connectivity index (χ0n) is 22.3. The maximum Gasteiger partial charge on any atom is 1.00 e. The van der Waals surface area contributed by atoms with E-state index in [2.05, 4.69) is 24.5 Å². The Morgan fingerprint density at radius 2 is 1.67 bits per heavy atom. The molecule has 0 heterocycles. The molecule has 10 heteroatoms. The van der Waals surface area contributed by atoms with Crippen molar-refractivity contribution in [3.05, 3.63) is 40.5 Å². The van der Waals surface area contributed by atoms with E-state index in [1.54, 1.807) is 24.3 Å². The van der Waals surface area contributed by atoms with Crippen molar-refractivity contribution in [2.75, 3.05) is 33.0 Å². The Balaban J connectivity index is 0.00000612. The second kappa shape index (κ2) is 21.8. The minimum atomic E-state index is -0.575. The van der Waals surface area contributed by atoms with E-state index in [0.717, 1.165) is 31.4 Å². The van der Waals surface area contributed by atoms with E-state index in [0.29, 0.717) is 44.3 Å². The zero-order chi connectivity index (χ0) is 24.8. The van der Waals surface area contributed by atoms with Gasteiger partial charge in [-0.2, -0.15) is 0 Å². The Hall–Kier alpha value is 1.03. The minimum absolute atomic E-state index is 0. The monoisotopic (exact) mass is 642 g/mol. The molecule has 0 radical (unpaired) electrons. The first-order valence-corrected chi connectivity index (χ1v) is 12.1. The predicted octanol–water partition coefficient (Wildman–Crippen LogP) is -1.53. The van der Waals surface area contributed by atoms with Gasteiger partial charge in [0.25, 0.3) is 0 Å². The summed E-state index contributed by atoms with van der Waals surface area (Å²) >= 11 is 0. The number of ether oxygens (including phenoxy) is 2. The molecule has 1 fully saturated rings. The molecular formula is C26H36N2O6Rb2. The molecule has 0 bridgehead atoms. The minimum Gasteiger partial charge on any atom is -0.651 e. The van der Waals surface area contributed by atoms with Crippen LogP contribution in [0.15, 0.2) is 24.3 Å². The molecule has 1 aromatic rings. The SMILES string of the molecule is CC(C)COCCCOCC[N-]C(=O)CC(=O)[N-]c1ccc(CC(=O)C2CCCCC2=O)cc1.[Rb+].[Rb+]. The van der Waals surface area contributed by atoms with E-state index < -0.39 is 24.2 Å². The molecule has 0 aromatic heterocycles. The average Bonchev–Trinajstić information content (AvgIpc) is 2.79. The van der Waals surface area contributed by atoms with Crippen LogP contribution in [0, 0.1) is 11.8 Å². The summed E-state index contributed by atoms with van der Waals surface area (Å²) in [6.07, 6.45) is 3.48. The van der Waals surface area contributed by atoms with Gasteiger partial charge in [0.15, 0.2) is 0 Å². The molecule has 1 aromatic carbocycles. The van der Waals surface area contributed by atoms with E-state index in [9.17, 15) is 19.2 Å². The topological polar surface area (TPSA) is 115 Å². The second-order valence-corrected chi connectivity index (χ2v) is 8.97. The van der Waals surface area contributed by atoms with Crippen LogP contribution in [0.1, 0.15) is 57.9 Å². The molecule has 2 rings (SSSR count). The van der Waals surface area contributed by atoms with Crippen LogP contribution in [-0.2, 0) is 35.1 Å². The summed E-state index contributed by atoms with van der Waals surface area (Å²) in [4.78, 5) is 48.2. The summed E-state index contributed by atoms with van der Waals surface area (Å²) in [7, 11) is 0. The van der Waals surface area contributed by atoms with Gasteiger partial charge in [0.05, 0.1) is 17.7 Å². The number of carbonyl (C=O) groups excluding carboxylic acids is 4. The third-order valence-corrected chi connectivity index (χ3v) is 5.37. The van der Waals surface area contributed by atoms with Gasteiger partial charge < -0.3 is 29.7 Å². The van der Waals surface area contributed by atoms with Gasteiger partial charge >= 0.3 is 116 Å². The molecule has 1 saturated carbocycles. The van der Waals surface area contributed by atoms with Crippen molar-refractivity contribution in [3.63, 3.8) is 0 Å². The van der Waals surface area contributed by atoms with Gasteiger partial charge in [0.1, 0.15) is 11.6 Å². The Morgan fingerprint density at radius 3 is 2.33 bits per heavy atom. The van der Waals surface area contributed by atoms with Crippen molar-refractivity contribution in [1.29, 1.82) is 0 Å². The fourth-order valence-corrected chi connectivity index (χ4v) is 3.62. The zero-order valence-corrected chi connectivity index (χ0v) is 32.1. The summed E-state index contributed by atoms with van der Waals surface area (Å²) in [5.74, 6) is -1.09.